The molecule has 0 aromatic carbocycles. The van der Waals surface area contributed by atoms with Gasteiger partial charge in [-0.05, 0) is 30.6 Å². The molecule has 72 valence electrons. The zero-order valence-electron chi connectivity index (χ0n) is 7.41. The van der Waals surface area contributed by atoms with Crippen molar-refractivity contribution in [1.82, 2.24) is 0 Å². The summed E-state index contributed by atoms with van der Waals surface area (Å²) in [5.74, 6) is 1.60. The largest absolute Gasteiger partial charge is 0.464 e. The maximum Gasteiger partial charge on any atom is 0.320 e. The summed E-state index contributed by atoms with van der Waals surface area (Å²) in [4.78, 5) is 10.8. The Morgan fingerprint density at radius 3 is 2.85 bits per heavy atom. The molecular weight excluding hydrogens is 188 g/mol. The van der Waals surface area contributed by atoms with Crippen LogP contribution in [0, 0.1) is 17.8 Å². The number of hydrogen-bond acceptors (Lipinski definition) is 2. The van der Waals surface area contributed by atoms with Gasteiger partial charge < -0.3 is 4.74 Å². The summed E-state index contributed by atoms with van der Waals surface area (Å²) in [6, 6.07) is 0. The number of fused-ring (bicyclic) bond motifs is 2. The van der Waals surface area contributed by atoms with Crippen molar-refractivity contribution < 1.29 is 9.53 Å². The Kier molecular flexibility index (Phi) is 2.58. The van der Waals surface area contributed by atoms with Gasteiger partial charge in [-0.3, -0.25) is 4.79 Å². The lowest BCUT2D eigenvalue weighted by molar-refractivity contribution is -0.142. The number of hydrogen-bond donors (Lipinski definition) is 0. The van der Waals surface area contributed by atoms with E-state index in [-0.39, 0.29) is 11.8 Å². The van der Waals surface area contributed by atoms with Crippen molar-refractivity contribution in [2.75, 3.05) is 12.5 Å². The molecule has 1 fully saturated rings. The maximum absolute atomic E-state index is 10.8. The molecule has 3 atom stereocenters. The second-order valence-corrected chi connectivity index (χ2v) is 4.12. The van der Waals surface area contributed by atoms with E-state index in [1.807, 2.05) is 0 Å². The van der Waals surface area contributed by atoms with Crippen LogP contribution in [-0.4, -0.2) is 18.5 Å². The Balaban J connectivity index is 1.78. The van der Waals surface area contributed by atoms with Crippen molar-refractivity contribution in [3.05, 3.63) is 12.2 Å². The standard InChI is InChI=1S/C10H13ClO2/c11-5-10(12)13-6-9-4-7-1-2-8(9)3-7/h1-2,7-9H,3-6H2/t7-,8+,9?/m0/s1. The van der Waals surface area contributed by atoms with Crippen molar-refractivity contribution in [3.8, 4) is 0 Å². The molecule has 1 unspecified atom stereocenters. The predicted octanol–water partition coefficient (Wildman–Crippen LogP) is 1.98. The Morgan fingerprint density at radius 1 is 1.46 bits per heavy atom. The lowest BCUT2D eigenvalue weighted by Gasteiger charge is -2.17. The molecule has 0 spiro atoms. The van der Waals surface area contributed by atoms with E-state index in [1.54, 1.807) is 0 Å². The molecule has 0 aliphatic heterocycles. The van der Waals surface area contributed by atoms with Gasteiger partial charge in [0.25, 0.3) is 0 Å². The summed E-state index contributed by atoms with van der Waals surface area (Å²) in [6.07, 6.45) is 6.97. The number of carbonyl (C=O) groups is 1. The fraction of sp³-hybridized carbons (Fsp3) is 0.700. The molecule has 0 aromatic heterocycles. The molecule has 0 saturated heterocycles. The van der Waals surface area contributed by atoms with E-state index < -0.39 is 0 Å². The van der Waals surface area contributed by atoms with Crippen LogP contribution in [0.15, 0.2) is 12.2 Å². The van der Waals surface area contributed by atoms with Gasteiger partial charge in [-0.25, -0.2) is 0 Å². The number of esters is 1. The molecule has 0 heterocycles. The Bertz CT molecular complexity index is 237. The van der Waals surface area contributed by atoms with Crippen LogP contribution in [0.3, 0.4) is 0 Å². The van der Waals surface area contributed by atoms with Crippen molar-refractivity contribution in [1.29, 1.82) is 0 Å². The molecule has 0 N–H and O–H groups in total. The number of alkyl halides is 1. The highest BCUT2D eigenvalue weighted by Gasteiger charge is 2.35. The second kappa shape index (κ2) is 3.70. The van der Waals surface area contributed by atoms with Crippen molar-refractivity contribution in [3.63, 3.8) is 0 Å². The highest BCUT2D eigenvalue weighted by Crippen LogP contribution is 2.43. The van der Waals surface area contributed by atoms with Crippen molar-refractivity contribution in [2.45, 2.75) is 12.8 Å². The van der Waals surface area contributed by atoms with E-state index in [0.29, 0.717) is 18.4 Å². The van der Waals surface area contributed by atoms with E-state index in [2.05, 4.69) is 12.2 Å². The average Bonchev–Trinajstić information content (AvgIpc) is 2.74. The first-order valence-corrected chi connectivity index (χ1v) is 5.23. The van der Waals surface area contributed by atoms with Gasteiger partial charge in [0.15, 0.2) is 0 Å². The summed E-state index contributed by atoms with van der Waals surface area (Å²) in [6.45, 7) is 0.553. The van der Waals surface area contributed by atoms with Crippen LogP contribution >= 0.6 is 11.6 Å². The van der Waals surface area contributed by atoms with Gasteiger partial charge in [-0.15, -0.1) is 11.6 Å². The zero-order valence-corrected chi connectivity index (χ0v) is 8.17. The first-order chi connectivity index (χ1) is 6.29. The van der Waals surface area contributed by atoms with Gasteiger partial charge >= 0.3 is 5.97 Å². The normalized spacial score (nSPS) is 35.3. The van der Waals surface area contributed by atoms with Crippen LogP contribution in [0.4, 0.5) is 0 Å². The van der Waals surface area contributed by atoms with Crippen molar-refractivity contribution >= 4 is 17.6 Å². The molecule has 2 bridgehead atoms. The fourth-order valence-corrected chi connectivity index (χ4v) is 2.40. The van der Waals surface area contributed by atoms with Gasteiger partial charge in [0.2, 0.25) is 0 Å². The third kappa shape index (κ3) is 1.88. The molecule has 13 heavy (non-hydrogen) atoms. The monoisotopic (exact) mass is 200 g/mol. The average molecular weight is 201 g/mol. The molecule has 0 aromatic rings. The van der Waals surface area contributed by atoms with Gasteiger partial charge in [-0.1, -0.05) is 12.2 Å². The lowest BCUT2D eigenvalue weighted by Crippen LogP contribution is -2.18. The number of carbonyl (C=O) groups excluding carboxylic acids is 1. The maximum atomic E-state index is 10.8. The first kappa shape index (κ1) is 9.07. The SMILES string of the molecule is O=C(CCl)OCC1C[C@H]2C=C[C@@H]1C2. The van der Waals surface area contributed by atoms with Crippen LogP contribution in [0.5, 0.6) is 0 Å². The Hall–Kier alpha value is -0.500. The summed E-state index contributed by atoms with van der Waals surface area (Å²) in [5, 5.41) is 0. The van der Waals surface area contributed by atoms with Crippen molar-refractivity contribution in [2.24, 2.45) is 17.8 Å². The minimum absolute atomic E-state index is 0.0311. The second-order valence-electron chi connectivity index (χ2n) is 3.86. The van der Waals surface area contributed by atoms with Crippen LogP contribution in [0.1, 0.15) is 12.8 Å². The molecule has 2 aliphatic rings. The van der Waals surface area contributed by atoms with Crippen LogP contribution in [0.2, 0.25) is 0 Å². The number of halogens is 1. The summed E-state index contributed by atoms with van der Waals surface area (Å²) < 4.78 is 5.02. The van der Waals surface area contributed by atoms with E-state index in [0.717, 1.165) is 5.92 Å². The first-order valence-electron chi connectivity index (χ1n) is 4.69. The molecule has 0 radical (unpaired) electrons. The Labute approximate surface area is 82.9 Å². The van der Waals surface area contributed by atoms with E-state index in [1.165, 1.54) is 12.8 Å². The van der Waals surface area contributed by atoms with Gasteiger partial charge in [0.05, 0.1) is 6.61 Å². The third-order valence-electron chi connectivity index (χ3n) is 2.98. The molecule has 2 rings (SSSR count). The van der Waals surface area contributed by atoms with Crippen LogP contribution < -0.4 is 0 Å². The topological polar surface area (TPSA) is 26.3 Å². The van der Waals surface area contributed by atoms with E-state index in [4.69, 9.17) is 16.3 Å². The van der Waals surface area contributed by atoms with E-state index in [9.17, 15) is 4.79 Å². The van der Waals surface area contributed by atoms with E-state index >= 15 is 0 Å². The summed E-state index contributed by atoms with van der Waals surface area (Å²) in [7, 11) is 0. The number of rotatable bonds is 3. The summed E-state index contributed by atoms with van der Waals surface area (Å²) >= 11 is 5.33. The van der Waals surface area contributed by atoms with Gasteiger partial charge in [0.1, 0.15) is 5.88 Å². The molecule has 0 amide bonds. The minimum Gasteiger partial charge on any atom is -0.464 e. The third-order valence-corrected chi connectivity index (χ3v) is 3.20. The molecule has 2 nitrogen and oxygen atoms in total. The number of allylic oxidation sites excluding steroid dienone is 2. The van der Waals surface area contributed by atoms with Gasteiger partial charge in [-0.2, -0.15) is 0 Å². The lowest BCUT2D eigenvalue weighted by atomic mass is 9.95. The minimum atomic E-state index is -0.298. The highest BCUT2D eigenvalue weighted by atomic mass is 35.5. The quantitative estimate of drug-likeness (QED) is 0.396. The van der Waals surface area contributed by atoms with Gasteiger partial charge in [0, 0.05) is 0 Å². The molecule has 1 saturated carbocycles. The van der Waals surface area contributed by atoms with Crippen LogP contribution in [0.25, 0.3) is 0 Å². The zero-order chi connectivity index (χ0) is 9.26. The predicted molar refractivity (Wildman–Crippen MR) is 50.5 cm³/mol. The highest BCUT2D eigenvalue weighted by molar-refractivity contribution is 6.26. The van der Waals surface area contributed by atoms with Crippen LogP contribution in [-0.2, 0) is 9.53 Å². The molecular formula is C10H13ClO2. The Morgan fingerprint density at radius 2 is 2.31 bits per heavy atom. The smallest absolute Gasteiger partial charge is 0.320 e. The number of ether oxygens (including phenoxy) is 1. The summed E-state index contributed by atoms with van der Waals surface area (Å²) in [5.41, 5.74) is 0. The fourth-order valence-electron chi connectivity index (χ4n) is 2.32. The molecule has 3 heteroatoms. The molecule has 2 aliphatic carbocycles.